The molecular formula is C7H5ClN2O. The van der Waals surface area contributed by atoms with Crippen LogP contribution >= 0.6 is 11.6 Å². The smallest absolute Gasteiger partial charge is 0.182 e. The van der Waals surface area contributed by atoms with E-state index in [2.05, 4.69) is 4.98 Å². The summed E-state index contributed by atoms with van der Waals surface area (Å²) in [6.45, 7) is 0. The molecule has 0 spiro atoms. The Morgan fingerprint density at radius 1 is 1.73 bits per heavy atom. The number of halogens is 1. The highest BCUT2D eigenvalue weighted by atomic mass is 35.5. The maximum Gasteiger partial charge on any atom is 0.182 e. The number of methoxy groups -OCH3 is 1. The van der Waals surface area contributed by atoms with Crippen LogP contribution < -0.4 is 4.74 Å². The maximum absolute atomic E-state index is 8.50. The van der Waals surface area contributed by atoms with Crippen LogP contribution in [0.3, 0.4) is 0 Å². The van der Waals surface area contributed by atoms with Gasteiger partial charge in [0.2, 0.25) is 0 Å². The Morgan fingerprint density at radius 2 is 2.45 bits per heavy atom. The number of aromatic nitrogens is 1. The lowest BCUT2D eigenvalue weighted by molar-refractivity contribution is 0.411. The molecule has 0 amide bonds. The molecule has 56 valence electrons. The van der Waals surface area contributed by atoms with Crippen molar-refractivity contribution < 1.29 is 4.74 Å². The highest BCUT2D eigenvalue weighted by molar-refractivity contribution is 6.30. The van der Waals surface area contributed by atoms with E-state index in [1.807, 2.05) is 6.07 Å². The largest absolute Gasteiger partial charge is 0.494 e. The summed E-state index contributed by atoms with van der Waals surface area (Å²) in [5.74, 6) is 0.403. The minimum absolute atomic E-state index is 0.247. The van der Waals surface area contributed by atoms with Gasteiger partial charge in [0.15, 0.2) is 11.4 Å². The molecule has 0 unspecified atom stereocenters. The molecule has 1 rings (SSSR count). The van der Waals surface area contributed by atoms with Gasteiger partial charge in [-0.25, -0.2) is 4.98 Å². The second-order valence-corrected chi connectivity index (χ2v) is 2.25. The molecule has 0 atom stereocenters. The van der Waals surface area contributed by atoms with E-state index in [1.54, 1.807) is 6.07 Å². The van der Waals surface area contributed by atoms with Gasteiger partial charge in [-0.15, -0.1) is 0 Å². The Bertz CT molecular complexity index is 306. The van der Waals surface area contributed by atoms with Crippen molar-refractivity contribution in [2.24, 2.45) is 0 Å². The maximum atomic E-state index is 8.50. The predicted molar refractivity (Wildman–Crippen MR) is 40.5 cm³/mol. The van der Waals surface area contributed by atoms with Gasteiger partial charge in [-0.3, -0.25) is 0 Å². The average molecular weight is 169 g/mol. The van der Waals surface area contributed by atoms with Crippen LogP contribution in [-0.2, 0) is 0 Å². The van der Waals surface area contributed by atoms with Crippen LogP contribution in [-0.4, -0.2) is 12.1 Å². The van der Waals surface area contributed by atoms with Gasteiger partial charge in [0, 0.05) is 12.3 Å². The molecule has 0 aliphatic carbocycles. The van der Waals surface area contributed by atoms with Crippen LogP contribution in [0.15, 0.2) is 12.3 Å². The number of hydrogen-bond acceptors (Lipinski definition) is 3. The Balaban J connectivity index is 3.19. The Labute approximate surface area is 69.2 Å². The van der Waals surface area contributed by atoms with Gasteiger partial charge in [-0.1, -0.05) is 11.6 Å². The van der Waals surface area contributed by atoms with E-state index in [-0.39, 0.29) is 5.69 Å². The molecule has 1 aromatic heterocycles. The molecular weight excluding hydrogens is 164 g/mol. The summed E-state index contributed by atoms with van der Waals surface area (Å²) < 4.78 is 4.85. The van der Waals surface area contributed by atoms with Crippen LogP contribution in [0.5, 0.6) is 5.75 Å². The predicted octanol–water partition coefficient (Wildman–Crippen LogP) is 1.62. The fraction of sp³-hybridized carbons (Fsp3) is 0.143. The fourth-order valence-electron chi connectivity index (χ4n) is 0.660. The first-order chi connectivity index (χ1) is 5.27. The fourth-order valence-corrected chi connectivity index (χ4v) is 0.808. The zero-order valence-electron chi connectivity index (χ0n) is 5.84. The SMILES string of the molecule is COc1cc(Cl)cnc1C#N. The summed E-state index contributed by atoms with van der Waals surface area (Å²) in [6.07, 6.45) is 1.41. The third-order valence-corrected chi connectivity index (χ3v) is 1.35. The number of ether oxygens (including phenoxy) is 1. The number of hydrogen-bond donors (Lipinski definition) is 0. The third-order valence-electron chi connectivity index (χ3n) is 1.15. The molecule has 4 heteroatoms. The Kier molecular flexibility index (Phi) is 2.29. The van der Waals surface area contributed by atoms with Crippen LogP contribution in [0.2, 0.25) is 5.02 Å². The first-order valence-corrected chi connectivity index (χ1v) is 3.25. The lowest BCUT2D eigenvalue weighted by Gasteiger charge is -1.99. The van der Waals surface area contributed by atoms with Crippen molar-refractivity contribution in [3.63, 3.8) is 0 Å². The minimum Gasteiger partial charge on any atom is -0.494 e. The first kappa shape index (κ1) is 7.83. The summed E-state index contributed by atoms with van der Waals surface area (Å²) >= 11 is 5.60. The van der Waals surface area contributed by atoms with Crippen molar-refractivity contribution >= 4 is 11.6 Å². The number of nitrogens with zero attached hydrogens (tertiary/aromatic N) is 2. The van der Waals surface area contributed by atoms with E-state index in [9.17, 15) is 0 Å². The number of rotatable bonds is 1. The van der Waals surface area contributed by atoms with E-state index in [4.69, 9.17) is 21.6 Å². The van der Waals surface area contributed by atoms with E-state index >= 15 is 0 Å². The molecule has 1 aromatic rings. The minimum atomic E-state index is 0.247. The van der Waals surface area contributed by atoms with E-state index in [0.29, 0.717) is 10.8 Å². The molecule has 0 aliphatic heterocycles. The van der Waals surface area contributed by atoms with E-state index in [0.717, 1.165) is 0 Å². The third kappa shape index (κ3) is 1.60. The highest BCUT2D eigenvalue weighted by Gasteiger charge is 2.02. The van der Waals surface area contributed by atoms with Crippen molar-refractivity contribution in [2.45, 2.75) is 0 Å². The average Bonchev–Trinajstić information content (AvgIpc) is 2.04. The molecule has 0 aromatic carbocycles. The van der Waals surface area contributed by atoms with Crippen LogP contribution in [0.4, 0.5) is 0 Å². The molecule has 0 bridgehead atoms. The molecule has 0 N–H and O–H groups in total. The second-order valence-electron chi connectivity index (χ2n) is 1.82. The van der Waals surface area contributed by atoms with Crippen molar-refractivity contribution in [1.82, 2.24) is 4.98 Å². The van der Waals surface area contributed by atoms with Crippen LogP contribution in [0, 0.1) is 11.3 Å². The van der Waals surface area contributed by atoms with Crippen LogP contribution in [0.1, 0.15) is 5.69 Å². The van der Waals surface area contributed by atoms with Gasteiger partial charge >= 0.3 is 0 Å². The van der Waals surface area contributed by atoms with E-state index < -0.39 is 0 Å². The molecule has 0 fully saturated rings. The topological polar surface area (TPSA) is 45.9 Å². The molecule has 1 heterocycles. The van der Waals surface area contributed by atoms with Crippen molar-refractivity contribution in [2.75, 3.05) is 7.11 Å². The van der Waals surface area contributed by atoms with Gasteiger partial charge in [-0.2, -0.15) is 5.26 Å². The van der Waals surface area contributed by atoms with Crippen molar-refractivity contribution in [3.05, 3.63) is 23.0 Å². The molecule has 0 saturated heterocycles. The Hall–Kier alpha value is -1.27. The molecule has 0 saturated carbocycles. The van der Waals surface area contributed by atoms with Crippen LogP contribution in [0.25, 0.3) is 0 Å². The molecule has 0 aliphatic rings. The lowest BCUT2D eigenvalue weighted by Crippen LogP contribution is -1.90. The standard InChI is InChI=1S/C7H5ClN2O/c1-11-7-2-5(8)4-10-6(7)3-9/h2,4H,1H3. The van der Waals surface area contributed by atoms with Gasteiger partial charge in [0.25, 0.3) is 0 Å². The first-order valence-electron chi connectivity index (χ1n) is 2.87. The van der Waals surface area contributed by atoms with E-state index in [1.165, 1.54) is 13.3 Å². The summed E-state index contributed by atoms with van der Waals surface area (Å²) in [7, 11) is 1.47. The summed E-state index contributed by atoms with van der Waals surface area (Å²) in [5, 5.41) is 8.96. The summed E-state index contributed by atoms with van der Waals surface area (Å²) in [5.41, 5.74) is 0.247. The zero-order chi connectivity index (χ0) is 8.27. The lowest BCUT2D eigenvalue weighted by atomic mass is 10.3. The normalized spacial score (nSPS) is 8.82. The zero-order valence-corrected chi connectivity index (χ0v) is 6.59. The quantitative estimate of drug-likeness (QED) is 0.640. The molecule has 0 radical (unpaired) electrons. The van der Waals surface area contributed by atoms with Gasteiger partial charge in [0.1, 0.15) is 6.07 Å². The Morgan fingerprint density at radius 3 is 3.00 bits per heavy atom. The molecule has 11 heavy (non-hydrogen) atoms. The van der Waals surface area contributed by atoms with Gasteiger partial charge in [0.05, 0.1) is 12.1 Å². The number of pyridine rings is 1. The summed E-state index contributed by atoms with van der Waals surface area (Å²) in [6, 6.07) is 3.43. The van der Waals surface area contributed by atoms with Crippen molar-refractivity contribution in [1.29, 1.82) is 5.26 Å². The second kappa shape index (κ2) is 3.22. The number of nitriles is 1. The highest BCUT2D eigenvalue weighted by Crippen LogP contribution is 2.19. The van der Waals surface area contributed by atoms with Gasteiger partial charge < -0.3 is 4.74 Å². The molecule has 3 nitrogen and oxygen atoms in total. The van der Waals surface area contributed by atoms with Gasteiger partial charge in [-0.05, 0) is 0 Å². The monoisotopic (exact) mass is 168 g/mol. The summed E-state index contributed by atoms with van der Waals surface area (Å²) in [4.78, 5) is 3.75. The van der Waals surface area contributed by atoms with Crippen molar-refractivity contribution in [3.8, 4) is 11.8 Å².